The van der Waals surface area contributed by atoms with E-state index in [4.69, 9.17) is 0 Å². The Kier molecular flexibility index (Phi) is 6.06. The average molecular weight is 234 g/mol. The molecule has 0 heterocycles. The van der Waals surface area contributed by atoms with Gasteiger partial charge >= 0.3 is 0 Å². The summed E-state index contributed by atoms with van der Waals surface area (Å²) in [7, 11) is 4.18. The third-order valence-corrected chi connectivity index (χ3v) is 3.15. The quantitative estimate of drug-likeness (QED) is 0.728. The van der Waals surface area contributed by atoms with Crippen molar-refractivity contribution in [3.05, 3.63) is 29.3 Å². The molecule has 17 heavy (non-hydrogen) atoms. The Bertz CT molecular complexity index is 334. The van der Waals surface area contributed by atoms with Crippen molar-refractivity contribution in [3.63, 3.8) is 0 Å². The SMILES string of the molecule is CCCCCN(C)c1ccc(CNC)cc1C. The highest BCUT2D eigenvalue weighted by atomic mass is 15.1. The molecule has 0 radical (unpaired) electrons. The molecule has 0 aromatic heterocycles. The lowest BCUT2D eigenvalue weighted by Gasteiger charge is -2.22. The van der Waals surface area contributed by atoms with Crippen molar-refractivity contribution in [3.8, 4) is 0 Å². The highest BCUT2D eigenvalue weighted by molar-refractivity contribution is 5.53. The summed E-state index contributed by atoms with van der Waals surface area (Å²) >= 11 is 0. The van der Waals surface area contributed by atoms with Gasteiger partial charge in [0, 0.05) is 25.8 Å². The first-order chi connectivity index (χ1) is 8.19. The molecule has 1 rings (SSSR count). The van der Waals surface area contributed by atoms with Crippen LogP contribution < -0.4 is 10.2 Å². The average Bonchev–Trinajstić information content (AvgIpc) is 2.29. The number of aryl methyl sites for hydroxylation is 1. The number of nitrogens with zero attached hydrogens (tertiary/aromatic N) is 1. The van der Waals surface area contributed by atoms with Crippen LogP contribution in [-0.4, -0.2) is 20.6 Å². The summed E-state index contributed by atoms with van der Waals surface area (Å²) in [5.41, 5.74) is 4.09. The second-order valence-corrected chi connectivity index (χ2v) is 4.78. The largest absolute Gasteiger partial charge is 0.374 e. The summed E-state index contributed by atoms with van der Waals surface area (Å²) in [6.07, 6.45) is 3.89. The van der Waals surface area contributed by atoms with Crippen LogP contribution in [0.3, 0.4) is 0 Å². The van der Waals surface area contributed by atoms with E-state index in [1.807, 2.05) is 7.05 Å². The molecule has 0 amide bonds. The summed E-state index contributed by atoms with van der Waals surface area (Å²) in [6, 6.07) is 6.74. The van der Waals surface area contributed by atoms with Crippen LogP contribution in [0.4, 0.5) is 5.69 Å². The van der Waals surface area contributed by atoms with E-state index in [-0.39, 0.29) is 0 Å². The lowest BCUT2D eigenvalue weighted by Crippen LogP contribution is -2.19. The monoisotopic (exact) mass is 234 g/mol. The molecule has 0 unspecified atom stereocenters. The number of rotatable bonds is 7. The van der Waals surface area contributed by atoms with Crippen LogP contribution in [0.25, 0.3) is 0 Å². The van der Waals surface area contributed by atoms with Gasteiger partial charge in [-0.2, -0.15) is 0 Å². The van der Waals surface area contributed by atoms with E-state index in [0.29, 0.717) is 0 Å². The highest BCUT2D eigenvalue weighted by Crippen LogP contribution is 2.20. The van der Waals surface area contributed by atoms with E-state index in [0.717, 1.165) is 13.1 Å². The fourth-order valence-electron chi connectivity index (χ4n) is 2.18. The smallest absolute Gasteiger partial charge is 0.0393 e. The van der Waals surface area contributed by atoms with E-state index in [9.17, 15) is 0 Å². The maximum absolute atomic E-state index is 3.19. The van der Waals surface area contributed by atoms with Gasteiger partial charge in [0.05, 0.1) is 0 Å². The van der Waals surface area contributed by atoms with Crippen molar-refractivity contribution < 1.29 is 0 Å². The molecule has 0 aliphatic rings. The summed E-state index contributed by atoms with van der Waals surface area (Å²) in [5, 5.41) is 3.19. The van der Waals surface area contributed by atoms with E-state index >= 15 is 0 Å². The number of hydrogen-bond donors (Lipinski definition) is 1. The zero-order valence-corrected chi connectivity index (χ0v) is 11.7. The number of hydrogen-bond acceptors (Lipinski definition) is 2. The normalized spacial score (nSPS) is 10.6. The fraction of sp³-hybridized carbons (Fsp3) is 0.600. The molecule has 96 valence electrons. The lowest BCUT2D eigenvalue weighted by atomic mass is 10.1. The summed E-state index contributed by atoms with van der Waals surface area (Å²) in [5.74, 6) is 0. The van der Waals surface area contributed by atoms with Crippen molar-refractivity contribution in [2.45, 2.75) is 39.7 Å². The van der Waals surface area contributed by atoms with Gasteiger partial charge in [-0.15, -0.1) is 0 Å². The lowest BCUT2D eigenvalue weighted by molar-refractivity contribution is 0.704. The predicted molar refractivity (Wildman–Crippen MR) is 76.7 cm³/mol. The molecule has 1 aromatic carbocycles. The van der Waals surface area contributed by atoms with Crippen molar-refractivity contribution in [2.75, 3.05) is 25.5 Å². The molecule has 1 N–H and O–H groups in total. The van der Waals surface area contributed by atoms with Gasteiger partial charge in [-0.25, -0.2) is 0 Å². The Balaban J connectivity index is 2.63. The number of nitrogens with one attached hydrogen (secondary N) is 1. The highest BCUT2D eigenvalue weighted by Gasteiger charge is 2.04. The molecule has 0 spiro atoms. The number of unbranched alkanes of at least 4 members (excludes halogenated alkanes) is 2. The van der Waals surface area contributed by atoms with Gasteiger partial charge in [0.25, 0.3) is 0 Å². The van der Waals surface area contributed by atoms with Crippen molar-refractivity contribution >= 4 is 5.69 Å². The number of benzene rings is 1. The molecular weight excluding hydrogens is 208 g/mol. The molecule has 2 nitrogen and oxygen atoms in total. The van der Waals surface area contributed by atoms with Crippen LogP contribution in [0, 0.1) is 6.92 Å². The number of anilines is 1. The van der Waals surface area contributed by atoms with Crippen molar-refractivity contribution in [1.82, 2.24) is 5.32 Å². The third-order valence-electron chi connectivity index (χ3n) is 3.15. The summed E-state index contributed by atoms with van der Waals surface area (Å²) < 4.78 is 0. The molecule has 0 saturated heterocycles. The second kappa shape index (κ2) is 7.33. The molecule has 0 aliphatic heterocycles. The van der Waals surface area contributed by atoms with Crippen molar-refractivity contribution in [2.24, 2.45) is 0 Å². The Morgan fingerprint density at radius 3 is 2.59 bits per heavy atom. The van der Waals surface area contributed by atoms with E-state index in [1.165, 1.54) is 36.1 Å². The first-order valence-corrected chi connectivity index (χ1v) is 6.64. The van der Waals surface area contributed by atoms with Gasteiger partial charge in [-0.3, -0.25) is 0 Å². The summed E-state index contributed by atoms with van der Waals surface area (Å²) in [6.45, 7) is 6.54. The van der Waals surface area contributed by atoms with E-state index < -0.39 is 0 Å². The maximum Gasteiger partial charge on any atom is 0.0393 e. The van der Waals surface area contributed by atoms with Gasteiger partial charge in [-0.1, -0.05) is 31.9 Å². The molecule has 1 aromatic rings. The van der Waals surface area contributed by atoms with Gasteiger partial charge < -0.3 is 10.2 Å². The molecule has 0 bridgehead atoms. The van der Waals surface area contributed by atoms with Gasteiger partial charge in [0.1, 0.15) is 0 Å². The Morgan fingerprint density at radius 1 is 1.24 bits per heavy atom. The van der Waals surface area contributed by atoms with Crippen molar-refractivity contribution in [1.29, 1.82) is 0 Å². The summed E-state index contributed by atoms with van der Waals surface area (Å²) in [4.78, 5) is 2.37. The van der Waals surface area contributed by atoms with Gasteiger partial charge in [-0.05, 0) is 37.6 Å². The van der Waals surface area contributed by atoms with Crippen LogP contribution in [-0.2, 0) is 6.54 Å². The maximum atomic E-state index is 3.19. The molecule has 0 fully saturated rings. The van der Waals surface area contributed by atoms with E-state index in [1.54, 1.807) is 0 Å². The molecule has 2 heteroatoms. The Morgan fingerprint density at radius 2 is 2.00 bits per heavy atom. The minimum Gasteiger partial charge on any atom is -0.374 e. The zero-order valence-electron chi connectivity index (χ0n) is 11.7. The van der Waals surface area contributed by atoms with Gasteiger partial charge in [0.2, 0.25) is 0 Å². The standard InChI is InChI=1S/C15H26N2/c1-5-6-7-10-17(4)15-9-8-14(12-16-3)11-13(15)2/h8-9,11,16H,5-7,10,12H2,1-4H3. The van der Waals surface area contributed by atoms with Crippen LogP contribution in [0.1, 0.15) is 37.3 Å². The van der Waals surface area contributed by atoms with Crippen LogP contribution in [0.15, 0.2) is 18.2 Å². The van der Waals surface area contributed by atoms with E-state index in [2.05, 4.69) is 49.3 Å². The first kappa shape index (κ1) is 14.0. The fourth-order valence-corrected chi connectivity index (χ4v) is 2.18. The first-order valence-electron chi connectivity index (χ1n) is 6.64. The topological polar surface area (TPSA) is 15.3 Å². The Hall–Kier alpha value is -1.02. The van der Waals surface area contributed by atoms with Gasteiger partial charge in [0.15, 0.2) is 0 Å². The molecule has 0 atom stereocenters. The van der Waals surface area contributed by atoms with Crippen LogP contribution >= 0.6 is 0 Å². The van der Waals surface area contributed by atoms with Crippen LogP contribution in [0.5, 0.6) is 0 Å². The molecule has 0 aliphatic carbocycles. The predicted octanol–water partition coefficient (Wildman–Crippen LogP) is 3.34. The second-order valence-electron chi connectivity index (χ2n) is 4.78. The minimum atomic E-state index is 0.945. The Labute approximate surface area is 106 Å². The minimum absolute atomic E-state index is 0.945. The molecule has 0 saturated carbocycles. The van der Waals surface area contributed by atoms with Crippen LogP contribution in [0.2, 0.25) is 0 Å². The zero-order chi connectivity index (χ0) is 12.7. The molecular formula is C15H26N2. The third kappa shape index (κ3) is 4.39.